The zero-order chi connectivity index (χ0) is 19.3. The zero-order valence-electron chi connectivity index (χ0n) is 15.0. The van der Waals surface area contributed by atoms with Crippen molar-refractivity contribution in [2.24, 2.45) is 5.73 Å². The van der Waals surface area contributed by atoms with Gasteiger partial charge in [-0.05, 0) is 42.5 Å². The number of nitrogens with two attached hydrogens (primary N) is 1. The van der Waals surface area contributed by atoms with Gasteiger partial charge in [-0.1, -0.05) is 11.6 Å². The number of aliphatic hydroxyl groups excluding tert-OH is 1. The van der Waals surface area contributed by atoms with E-state index in [0.29, 0.717) is 22.1 Å². The van der Waals surface area contributed by atoms with Gasteiger partial charge in [0.2, 0.25) is 0 Å². The Kier molecular flexibility index (Phi) is 6.85. The summed E-state index contributed by atoms with van der Waals surface area (Å²) in [5.41, 5.74) is 7.20. The summed E-state index contributed by atoms with van der Waals surface area (Å²) in [6.07, 6.45) is -1.05. The highest BCUT2D eigenvalue weighted by Gasteiger charge is 2.26. The van der Waals surface area contributed by atoms with Gasteiger partial charge in [-0.15, -0.1) is 0 Å². The lowest BCUT2D eigenvalue weighted by Gasteiger charge is -2.26. The number of hydrogen-bond acceptors (Lipinski definition) is 6. The van der Waals surface area contributed by atoms with Gasteiger partial charge in [0, 0.05) is 29.9 Å². The van der Waals surface area contributed by atoms with Crippen molar-refractivity contribution in [3.05, 3.63) is 53.1 Å². The third kappa shape index (κ3) is 4.66. The summed E-state index contributed by atoms with van der Waals surface area (Å²) in [7, 11) is 4.81. The molecule has 0 spiro atoms. The first kappa shape index (κ1) is 20.0. The number of anilines is 1. The molecule has 0 aliphatic carbocycles. The highest BCUT2D eigenvalue weighted by atomic mass is 35.5. The quantitative estimate of drug-likeness (QED) is 0.686. The fourth-order valence-electron chi connectivity index (χ4n) is 2.55. The van der Waals surface area contributed by atoms with E-state index >= 15 is 0 Å². The highest BCUT2D eigenvalue weighted by molar-refractivity contribution is 6.30. The number of ether oxygens (including phenoxy) is 2. The van der Waals surface area contributed by atoms with Crippen LogP contribution in [0.1, 0.15) is 10.4 Å². The van der Waals surface area contributed by atoms with Crippen LogP contribution >= 0.6 is 11.6 Å². The van der Waals surface area contributed by atoms with Crippen molar-refractivity contribution in [2.75, 3.05) is 32.7 Å². The number of rotatable bonds is 8. The monoisotopic (exact) mass is 378 g/mol. The average molecular weight is 379 g/mol. The number of aliphatic hydroxyl groups is 1. The van der Waals surface area contributed by atoms with Crippen molar-refractivity contribution in [1.29, 1.82) is 0 Å². The SMILES string of the molecule is COc1ccc(C(=O)C(N)C(O)CN(C)c2ccc(Cl)cc2)cc1OC. The third-order valence-electron chi connectivity index (χ3n) is 4.11. The van der Waals surface area contributed by atoms with Crippen LogP contribution in [0.25, 0.3) is 0 Å². The maximum Gasteiger partial charge on any atom is 0.182 e. The Labute approximate surface area is 158 Å². The van der Waals surface area contributed by atoms with Gasteiger partial charge >= 0.3 is 0 Å². The molecule has 0 saturated heterocycles. The Balaban J connectivity index is 2.08. The van der Waals surface area contributed by atoms with Crippen LogP contribution in [0.2, 0.25) is 5.02 Å². The van der Waals surface area contributed by atoms with Gasteiger partial charge in [0.05, 0.1) is 26.4 Å². The topological polar surface area (TPSA) is 85.0 Å². The van der Waals surface area contributed by atoms with E-state index < -0.39 is 12.1 Å². The maximum atomic E-state index is 12.6. The second-order valence-corrected chi connectivity index (χ2v) is 6.32. The molecule has 0 bridgehead atoms. The van der Waals surface area contributed by atoms with Gasteiger partial charge in [0.1, 0.15) is 0 Å². The molecule has 2 aromatic carbocycles. The molecule has 2 unspecified atom stereocenters. The molecule has 6 nitrogen and oxygen atoms in total. The smallest absolute Gasteiger partial charge is 0.182 e. The fraction of sp³-hybridized carbons (Fsp3) is 0.316. The molecular formula is C19H23ClN2O4. The lowest BCUT2D eigenvalue weighted by Crippen LogP contribution is -2.47. The molecule has 0 aliphatic rings. The van der Waals surface area contributed by atoms with Crippen molar-refractivity contribution < 1.29 is 19.4 Å². The van der Waals surface area contributed by atoms with Crippen LogP contribution in [-0.2, 0) is 0 Å². The van der Waals surface area contributed by atoms with Gasteiger partial charge in [-0.3, -0.25) is 4.79 Å². The average Bonchev–Trinajstić information content (AvgIpc) is 2.66. The van der Waals surface area contributed by atoms with Crippen LogP contribution in [0, 0.1) is 0 Å². The number of carbonyl (C=O) groups excluding carboxylic acids is 1. The number of benzene rings is 2. The van der Waals surface area contributed by atoms with Crippen LogP contribution < -0.4 is 20.1 Å². The summed E-state index contributed by atoms with van der Waals surface area (Å²) in [5.74, 6) is 0.571. The van der Waals surface area contributed by atoms with E-state index in [9.17, 15) is 9.90 Å². The predicted octanol–water partition coefficient (Wildman–Crippen LogP) is 2.36. The number of Topliss-reactive ketones (excluding diaryl/α,β-unsaturated/α-hetero) is 1. The minimum absolute atomic E-state index is 0.196. The van der Waals surface area contributed by atoms with Gasteiger partial charge in [-0.25, -0.2) is 0 Å². The Bertz CT molecular complexity index is 752. The van der Waals surface area contributed by atoms with Crippen LogP contribution in [0.3, 0.4) is 0 Å². The van der Waals surface area contributed by atoms with Crippen molar-refractivity contribution >= 4 is 23.1 Å². The number of nitrogens with zero attached hydrogens (tertiary/aromatic N) is 1. The molecule has 2 atom stereocenters. The standard InChI is InChI=1S/C19H23ClN2O4/c1-22(14-7-5-13(20)6-8-14)11-15(23)18(21)19(24)12-4-9-16(25-2)17(10-12)26-3/h4-10,15,18,23H,11,21H2,1-3H3. The van der Waals surface area contributed by atoms with E-state index in [-0.39, 0.29) is 12.3 Å². The Morgan fingerprint density at radius 1 is 1.15 bits per heavy atom. The second kappa shape index (κ2) is 8.89. The van der Waals surface area contributed by atoms with Crippen LogP contribution in [0.4, 0.5) is 5.69 Å². The molecule has 140 valence electrons. The number of carbonyl (C=O) groups is 1. The van der Waals surface area contributed by atoms with Crippen molar-refractivity contribution in [1.82, 2.24) is 0 Å². The van der Waals surface area contributed by atoms with E-state index in [1.807, 2.05) is 17.0 Å². The molecule has 0 aromatic heterocycles. The molecule has 0 heterocycles. The van der Waals surface area contributed by atoms with Crippen LogP contribution in [0.15, 0.2) is 42.5 Å². The first-order valence-electron chi connectivity index (χ1n) is 8.04. The minimum atomic E-state index is -1.07. The normalized spacial score (nSPS) is 13.0. The van der Waals surface area contributed by atoms with Crippen LogP contribution in [0.5, 0.6) is 11.5 Å². The summed E-state index contributed by atoms with van der Waals surface area (Å²) < 4.78 is 10.4. The van der Waals surface area contributed by atoms with E-state index in [4.69, 9.17) is 26.8 Å². The molecule has 26 heavy (non-hydrogen) atoms. The molecule has 2 aromatic rings. The molecule has 0 fully saturated rings. The van der Waals surface area contributed by atoms with E-state index in [1.165, 1.54) is 14.2 Å². The molecule has 0 amide bonds. The van der Waals surface area contributed by atoms with Crippen molar-refractivity contribution in [2.45, 2.75) is 12.1 Å². The number of hydrogen-bond donors (Lipinski definition) is 2. The summed E-state index contributed by atoms with van der Waals surface area (Å²) in [5, 5.41) is 11.0. The molecular weight excluding hydrogens is 356 g/mol. The minimum Gasteiger partial charge on any atom is -0.493 e. The molecule has 7 heteroatoms. The van der Waals surface area contributed by atoms with E-state index in [1.54, 1.807) is 37.4 Å². The van der Waals surface area contributed by atoms with Crippen LogP contribution in [-0.4, -0.2) is 50.8 Å². The zero-order valence-corrected chi connectivity index (χ0v) is 15.7. The number of halogens is 1. The summed E-state index contributed by atoms with van der Waals surface area (Å²) >= 11 is 5.88. The number of methoxy groups -OCH3 is 2. The molecule has 3 N–H and O–H groups in total. The van der Waals surface area contributed by atoms with Gasteiger partial charge in [0.15, 0.2) is 17.3 Å². The van der Waals surface area contributed by atoms with Gasteiger partial charge in [0.25, 0.3) is 0 Å². The summed E-state index contributed by atoms with van der Waals surface area (Å²) in [6.45, 7) is 0.196. The largest absolute Gasteiger partial charge is 0.493 e. The summed E-state index contributed by atoms with van der Waals surface area (Å²) in [4.78, 5) is 14.4. The highest BCUT2D eigenvalue weighted by Crippen LogP contribution is 2.28. The molecule has 2 rings (SSSR count). The fourth-order valence-corrected chi connectivity index (χ4v) is 2.68. The lowest BCUT2D eigenvalue weighted by molar-refractivity contribution is 0.0830. The molecule has 0 radical (unpaired) electrons. The van der Waals surface area contributed by atoms with E-state index in [2.05, 4.69) is 0 Å². The maximum absolute atomic E-state index is 12.6. The van der Waals surface area contributed by atoms with Gasteiger partial charge in [-0.2, -0.15) is 0 Å². The summed E-state index contributed by atoms with van der Waals surface area (Å²) in [6, 6.07) is 10.9. The number of ketones is 1. The number of likely N-dealkylation sites (N-methyl/N-ethyl adjacent to an activating group) is 1. The Morgan fingerprint density at radius 2 is 1.77 bits per heavy atom. The van der Waals surface area contributed by atoms with Crippen molar-refractivity contribution in [3.63, 3.8) is 0 Å². The second-order valence-electron chi connectivity index (χ2n) is 5.88. The Morgan fingerprint density at radius 3 is 2.35 bits per heavy atom. The first-order chi connectivity index (χ1) is 12.4. The Hall–Kier alpha value is -2.28. The van der Waals surface area contributed by atoms with Crippen molar-refractivity contribution in [3.8, 4) is 11.5 Å². The third-order valence-corrected chi connectivity index (χ3v) is 4.37. The first-order valence-corrected chi connectivity index (χ1v) is 8.41. The predicted molar refractivity (Wildman–Crippen MR) is 103 cm³/mol. The lowest BCUT2D eigenvalue weighted by atomic mass is 9.99. The molecule has 0 aliphatic heterocycles. The van der Waals surface area contributed by atoms with E-state index in [0.717, 1.165) is 5.69 Å². The molecule has 0 saturated carbocycles. The van der Waals surface area contributed by atoms with Gasteiger partial charge < -0.3 is 25.2 Å².